The molecule has 1 aromatic carbocycles. The van der Waals surface area contributed by atoms with Crippen LogP contribution < -0.4 is 4.74 Å². The van der Waals surface area contributed by atoms with Crippen molar-refractivity contribution in [3.8, 4) is 11.8 Å². The van der Waals surface area contributed by atoms with Crippen LogP contribution in [0.1, 0.15) is 17.5 Å². The molecule has 0 saturated carbocycles. The van der Waals surface area contributed by atoms with Crippen molar-refractivity contribution in [1.29, 1.82) is 5.26 Å². The van der Waals surface area contributed by atoms with E-state index in [4.69, 9.17) is 9.47 Å². The maximum Gasteiger partial charge on any atom is 0.137 e. The molecule has 1 aromatic heterocycles. The third-order valence-corrected chi connectivity index (χ3v) is 4.46. The van der Waals surface area contributed by atoms with E-state index in [1.54, 1.807) is 19.5 Å². The molecular weight excluding hydrogens is 321 g/mol. The van der Waals surface area contributed by atoms with Crippen LogP contribution in [0.2, 0.25) is 0 Å². The number of methoxy groups -OCH3 is 1. The Labute approximate surface area is 146 Å². The van der Waals surface area contributed by atoms with Gasteiger partial charge >= 0.3 is 0 Å². The zero-order valence-electron chi connectivity index (χ0n) is 14.1. The van der Waals surface area contributed by atoms with Gasteiger partial charge in [0.05, 0.1) is 23.9 Å². The van der Waals surface area contributed by atoms with Gasteiger partial charge in [-0.2, -0.15) is 5.26 Å². The summed E-state index contributed by atoms with van der Waals surface area (Å²) in [6, 6.07) is 10.2. The lowest BCUT2D eigenvalue weighted by atomic mass is 10.1. The van der Waals surface area contributed by atoms with Gasteiger partial charge in [-0.05, 0) is 42.3 Å². The second kappa shape index (κ2) is 8.06. The number of nitriles is 1. The molecule has 3 rings (SSSR count). The van der Waals surface area contributed by atoms with E-state index in [0.717, 1.165) is 13.0 Å². The van der Waals surface area contributed by atoms with Crippen molar-refractivity contribution in [1.82, 2.24) is 9.88 Å². The van der Waals surface area contributed by atoms with Gasteiger partial charge in [-0.25, -0.2) is 4.39 Å². The average molecular weight is 341 g/mol. The van der Waals surface area contributed by atoms with Gasteiger partial charge < -0.3 is 9.47 Å². The van der Waals surface area contributed by atoms with E-state index >= 15 is 0 Å². The van der Waals surface area contributed by atoms with E-state index < -0.39 is 0 Å². The molecule has 1 fully saturated rings. The first-order valence-corrected chi connectivity index (χ1v) is 8.17. The van der Waals surface area contributed by atoms with Crippen molar-refractivity contribution >= 4 is 0 Å². The standard InChI is InChI=1S/C19H20FN3O2/c1-24-19-8-17(13-25-18-3-2-6-22-10-18)23(12-19)11-15-7-16(20)5-4-14(15)9-21/h2-7,10,17,19H,8,11-13H2,1H3/t17-,19+/m0/s1. The molecule has 25 heavy (non-hydrogen) atoms. The second-order valence-electron chi connectivity index (χ2n) is 6.09. The van der Waals surface area contributed by atoms with Gasteiger partial charge in [0.15, 0.2) is 0 Å². The Balaban J connectivity index is 1.71. The highest BCUT2D eigenvalue weighted by atomic mass is 19.1. The van der Waals surface area contributed by atoms with Crippen LogP contribution in [0.15, 0.2) is 42.7 Å². The Hall–Kier alpha value is -2.49. The normalized spacial score (nSPS) is 20.4. The third-order valence-electron chi connectivity index (χ3n) is 4.46. The molecule has 2 aromatic rings. The number of benzene rings is 1. The zero-order valence-corrected chi connectivity index (χ0v) is 14.1. The van der Waals surface area contributed by atoms with Gasteiger partial charge in [-0.3, -0.25) is 9.88 Å². The highest BCUT2D eigenvalue weighted by molar-refractivity contribution is 5.37. The molecule has 5 nitrogen and oxygen atoms in total. The number of hydrogen-bond donors (Lipinski definition) is 0. The van der Waals surface area contributed by atoms with Crippen molar-refractivity contribution in [2.45, 2.75) is 25.1 Å². The number of hydrogen-bond acceptors (Lipinski definition) is 5. The number of nitrogens with zero attached hydrogens (tertiary/aromatic N) is 3. The summed E-state index contributed by atoms with van der Waals surface area (Å²) < 4.78 is 24.9. The molecule has 0 radical (unpaired) electrons. The molecule has 0 amide bonds. The molecule has 130 valence electrons. The van der Waals surface area contributed by atoms with Crippen molar-refractivity contribution in [3.63, 3.8) is 0 Å². The van der Waals surface area contributed by atoms with Crippen molar-refractivity contribution in [2.24, 2.45) is 0 Å². The SMILES string of the molecule is CO[C@@H]1C[C@@H](COc2cccnc2)N(Cc2cc(F)ccc2C#N)C1. The van der Waals surface area contributed by atoms with Crippen LogP contribution in [0.4, 0.5) is 4.39 Å². The van der Waals surface area contributed by atoms with E-state index in [0.29, 0.717) is 30.0 Å². The highest BCUT2D eigenvalue weighted by Crippen LogP contribution is 2.24. The average Bonchev–Trinajstić information content (AvgIpc) is 3.03. The predicted octanol–water partition coefficient (Wildman–Crippen LogP) is 2.76. The Kier molecular flexibility index (Phi) is 5.59. The van der Waals surface area contributed by atoms with E-state index in [1.807, 2.05) is 12.1 Å². The van der Waals surface area contributed by atoms with Crippen LogP contribution in [0.3, 0.4) is 0 Å². The first-order chi connectivity index (χ1) is 12.2. The predicted molar refractivity (Wildman–Crippen MR) is 90.5 cm³/mol. The maximum atomic E-state index is 13.6. The molecule has 1 aliphatic heterocycles. The topological polar surface area (TPSA) is 58.4 Å². The minimum atomic E-state index is -0.334. The number of halogens is 1. The minimum absolute atomic E-state index is 0.0987. The molecule has 0 unspecified atom stereocenters. The highest BCUT2D eigenvalue weighted by Gasteiger charge is 2.33. The number of ether oxygens (including phenoxy) is 2. The number of rotatable bonds is 6. The summed E-state index contributed by atoms with van der Waals surface area (Å²) in [6.07, 6.45) is 4.30. The summed E-state index contributed by atoms with van der Waals surface area (Å²) in [5, 5.41) is 9.25. The third kappa shape index (κ3) is 4.32. The lowest BCUT2D eigenvalue weighted by molar-refractivity contribution is 0.107. The molecule has 0 N–H and O–H groups in total. The fourth-order valence-electron chi connectivity index (χ4n) is 3.12. The summed E-state index contributed by atoms with van der Waals surface area (Å²) in [5.74, 6) is 0.381. The second-order valence-corrected chi connectivity index (χ2v) is 6.09. The van der Waals surface area contributed by atoms with Crippen molar-refractivity contribution in [3.05, 3.63) is 59.7 Å². The van der Waals surface area contributed by atoms with E-state index in [2.05, 4.69) is 16.0 Å². The summed E-state index contributed by atoms with van der Waals surface area (Å²) in [6.45, 7) is 1.70. The Morgan fingerprint density at radius 2 is 2.28 bits per heavy atom. The van der Waals surface area contributed by atoms with Crippen LogP contribution in [-0.4, -0.2) is 42.3 Å². The van der Waals surface area contributed by atoms with Gasteiger partial charge in [0.25, 0.3) is 0 Å². The van der Waals surface area contributed by atoms with Crippen molar-refractivity contribution < 1.29 is 13.9 Å². The quantitative estimate of drug-likeness (QED) is 0.809. The molecule has 0 bridgehead atoms. The first-order valence-electron chi connectivity index (χ1n) is 8.17. The summed E-state index contributed by atoms with van der Waals surface area (Å²) in [7, 11) is 1.69. The molecule has 1 aliphatic rings. The van der Waals surface area contributed by atoms with Gasteiger partial charge in [0.1, 0.15) is 18.2 Å². The lowest BCUT2D eigenvalue weighted by Crippen LogP contribution is -2.34. The fourth-order valence-corrected chi connectivity index (χ4v) is 3.12. The van der Waals surface area contributed by atoms with Gasteiger partial charge in [-0.15, -0.1) is 0 Å². The monoisotopic (exact) mass is 341 g/mol. The number of aromatic nitrogens is 1. The summed E-state index contributed by atoms with van der Waals surface area (Å²) in [5.41, 5.74) is 1.18. The fraction of sp³-hybridized carbons (Fsp3) is 0.368. The van der Waals surface area contributed by atoms with Gasteiger partial charge in [0.2, 0.25) is 0 Å². The Morgan fingerprint density at radius 1 is 1.40 bits per heavy atom. The summed E-state index contributed by atoms with van der Waals surface area (Å²) in [4.78, 5) is 6.22. The molecule has 2 atom stereocenters. The Morgan fingerprint density at radius 3 is 3.00 bits per heavy atom. The van der Waals surface area contributed by atoms with E-state index in [1.165, 1.54) is 18.2 Å². The molecular formula is C19H20FN3O2. The molecule has 6 heteroatoms. The van der Waals surface area contributed by atoms with Gasteiger partial charge in [-0.1, -0.05) is 0 Å². The number of pyridine rings is 1. The number of likely N-dealkylation sites (tertiary alicyclic amines) is 1. The van der Waals surface area contributed by atoms with Crippen LogP contribution >= 0.6 is 0 Å². The van der Waals surface area contributed by atoms with Gasteiger partial charge in [0, 0.05) is 32.4 Å². The zero-order chi connectivity index (χ0) is 17.6. The maximum absolute atomic E-state index is 13.6. The lowest BCUT2D eigenvalue weighted by Gasteiger charge is -2.24. The molecule has 2 heterocycles. The van der Waals surface area contributed by atoms with E-state index in [-0.39, 0.29) is 18.0 Å². The van der Waals surface area contributed by atoms with Crippen LogP contribution in [-0.2, 0) is 11.3 Å². The minimum Gasteiger partial charge on any atom is -0.490 e. The molecule has 0 spiro atoms. The van der Waals surface area contributed by atoms with Crippen molar-refractivity contribution in [2.75, 3.05) is 20.3 Å². The molecule has 1 saturated heterocycles. The van der Waals surface area contributed by atoms with Crippen LogP contribution in [0, 0.1) is 17.1 Å². The smallest absolute Gasteiger partial charge is 0.137 e. The van der Waals surface area contributed by atoms with Crippen LogP contribution in [0.25, 0.3) is 0 Å². The Bertz CT molecular complexity index is 748. The summed E-state index contributed by atoms with van der Waals surface area (Å²) >= 11 is 0. The first kappa shape index (κ1) is 17.3. The van der Waals surface area contributed by atoms with Crippen LogP contribution in [0.5, 0.6) is 5.75 Å². The van der Waals surface area contributed by atoms with E-state index in [9.17, 15) is 9.65 Å². The largest absolute Gasteiger partial charge is 0.490 e. The molecule has 0 aliphatic carbocycles.